The Hall–Kier alpha value is -0.870. The van der Waals surface area contributed by atoms with E-state index in [4.69, 9.17) is 11.6 Å². The highest BCUT2D eigenvalue weighted by Gasteiger charge is 2.09. The number of halogens is 1. The zero-order valence-electron chi connectivity index (χ0n) is 9.66. The minimum atomic E-state index is 0.525. The second kappa shape index (κ2) is 5.28. The molecule has 1 aromatic rings. The van der Waals surface area contributed by atoms with Crippen LogP contribution in [0.25, 0.3) is 0 Å². The van der Waals surface area contributed by atoms with Gasteiger partial charge in [-0.2, -0.15) is 0 Å². The predicted molar refractivity (Wildman–Crippen MR) is 63.6 cm³/mol. The summed E-state index contributed by atoms with van der Waals surface area (Å²) in [6.07, 6.45) is 1.50. The third-order valence-electron chi connectivity index (χ3n) is 2.24. The molecule has 5 heteroatoms. The van der Waals surface area contributed by atoms with Crippen LogP contribution >= 0.6 is 11.6 Å². The quantitative estimate of drug-likeness (QED) is 0.730. The number of anilines is 1. The number of hydrogen-bond donors (Lipinski definition) is 0. The first-order valence-electron chi connectivity index (χ1n) is 4.85. The van der Waals surface area contributed by atoms with Crippen molar-refractivity contribution in [1.29, 1.82) is 0 Å². The van der Waals surface area contributed by atoms with Crippen LogP contribution in [0.5, 0.6) is 0 Å². The maximum absolute atomic E-state index is 5.93. The minimum Gasteiger partial charge on any atom is -0.358 e. The molecular weight excluding hydrogens is 212 g/mol. The fraction of sp³-hybridized carbons (Fsp3) is 0.600. The lowest BCUT2D eigenvalue weighted by Gasteiger charge is -2.21. The minimum absolute atomic E-state index is 0.525. The van der Waals surface area contributed by atoms with Crippen LogP contribution in [-0.4, -0.2) is 49.1 Å². The van der Waals surface area contributed by atoms with Crippen molar-refractivity contribution in [3.63, 3.8) is 0 Å². The van der Waals surface area contributed by atoms with E-state index in [-0.39, 0.29) is 0 Å². The average Bonchev–Trinajstić information content (AvgIpc) is 2.18. The zero-order valence-corrected chi connectivity index (χ0v) is 10.4. The van der Waals surface area contributed by atoms with Crippen LogP contribution in [0.15, 0.2) is 6.33 Å². The Labute approximate surface area is 95.9 Å². The number of aromatic nitrogens is 2. The zero-order chi connectivity index (χ0) is 11.4. The molecule has 1 rings (SSSR count). The van der Waals surface area contributed by atoms with Crippen molar-refractivity contribution in [2.75, 3.05) is 39.1 Å². The summed E-state index contributed by atoms with van der Waals surface area (Å²) in [7, 11) is 6.11. The molecule has 0 aliphatic carbocycles. The van der Waals surface area contributed by atoms with Gasteiger partial charge >= 0.3 is 0 Å². The standard InChI is InChI=1S/C10H17ClN4/c1-8-9(11)12-7-13-10(8)15(4)6-5-14(2)3/h7H,5-6H2,1-4H3. The third-order valence-corrected chi connectivity index (χ3v) is 2.62. The Morgan fingerprint density at radius 1 is 1.20 bits per heavy atom. The van der Waals surface area contributed by atoms with Crippen molar-refractivity contribution in [3.8, 4) is 0 Å². The normalized spacial score (nSPS) is 10.8. The maximum Gasteiger partial charge on any atom is 0.137 e. The molecule has 0 fully saturated rings. The van der Waals surface area contributed by atoms with Gasteiger partial charge in [0.1, 0.15) is 17.3 Å². The number of rotatable bonds is 4. The van der Waals surface area contributed by atoms with Gasteiger partial charge in [-0.05, 0) is 21.0 Å². The van der Waals surface area contributed by atoms with Crippen LogP contribution in [0.3, 0.4) is 0 Å². The van der Waals surface area contributed by atoms with E-state index in [1.54, 1.807) is 0 Å². The molecule has 0 bridgehead atoms. The summed E-state index contributed by atoms with van der Waals surface area (Å²) in [6.45, 7) is 3.84. The summed E-state index contributed by atoms with van der Waals surface area (Å²) >= 11 is 5.93. The van der Waals surface area contributed by atoms with Gasteiger partial charge in [-0.3, -0.25) is 0 Å². The molecule has 0 N–H and O–H groups in total. The van der Waals surface area contributed by atoms with E-state index < -0.39 is 0 Å². The van der Waals surface area contributed by atoms with Crippen molar-refractivity contribution in [1.82, 2.24) is 14.9 Å². The molecule has 15 heavy (non-hydrogen) atoms. The molecule has 0 aliphatic heterocycles. The molecule has 4 nitrogen and oxygen atoms in total. The largest absolute Gasteiger partial charge is 0.358 e. The highest BCUT2D eigenvalue weighted by Crippen LogP contribution is 2.20. The summed E-state index contributed by atoms with van der Waals surface area (Å²) in [6, 6.07) is 0. The van der Waals surface area contributed by atoms with Gasteiger partial charge in [0.05, 0.1) is 0 Å². The highest BCUT2D eigenvalue weighted by atomic mass is 35.5. The van der Waals surface area contributed by atoms with Gasteiger partial charge in [0.25, 0.3) is 0 Å². The van der Waals surface area contributed by atoms with E-state index in [9.17, 15) is 0 Å². The molecule has 0 aromatic carbocycles. The molecule has 1 aromatic heterocycles. The maximum atomic E-state index is 5.93. The molecule has 0 amide bonds. The fourth-order valence-electron chi connectivity index (χ4n) is 1.26. The van der Waals surface area contributed by atoms with Crippen LogP contribution in [0, 0.1) is 6.92 Å². The third kappa shape index (κ3) is 3.32. The van der Waals surface area contributed by atoms with E-state index in [0.717, 1.165) is 24.5 Å². The van der Waals surface area contributed by atoms with Gasteiger partial charge in [0.15, 0.2) is 0 Å². The molecular formula is C10H17ClN4. The molecule has 0 aliphatic rings. The summed E-state index contributed by atoms with van der Waals surface area (Å²) in [4.78, 5) is 12.4. The van der Waals surface area contributed by atoms with Crippen LogP contribution in [0.2, 0.25) is 5.15 Å². The molecule has 0 radical (unpaired) electrons. The summed E-state index contributed by atoms with van der Waals surface area (Å²) < 4.78 is 0. The lowest BCUT2D eigenvalue weighted by atomic mass is 10.3. The highest BCUT2D eigenvalue weighted by molar-refractivity contribution is 6.30. The fourth-order valence-corrected chi connectivity index (χ4v) is 1.39. The molecule has 1 heterocycles. The van der Waals surface area contributed by atoms with Gasteiger partial charge in [0.2, 0.25) is 0 Å². The monoisotopic (exact) mass is 228 g/mol. The number of nitrogens with zero attached hydrogens (tertiary/aromatic N) is 4. The Kier molecular flexibility index (Phi) is 4.29. The Morgan fingerprint density at radius 2 is 1.87 bits per heavy atom. The van der Waals surface area contributed by atoms with E-state index in [1.807, 2.05) is 28.1 Å². The van der Waals surface area contributed by atoms with Crippen molar-refractivity contribution in [2.24, 2.45) is 0 Å². The molecule has 0 atom stereocenters. The van der Waals surface area contributed by atoms with Gasteiger partial charge in [-0.1, -0.05) is 11.6 Å². The van der Waals surface area contributed by atoms with E-state index in [0.29, 0.717) is 5.15 Å². The van der Waals surface area contributed by atoms with Crippen LogP contribution < -0.4 is 4.90 Å². The average molecular weight is 229 g/mol. The first-order chi connectivity index (χ1) is 7.02. The molecule has 84 valence electrons. The van der Waals surface area contributed by atoms with Crippen molar-refractivity contribution in [3.05, 3.63) is 17.0 Å². The van der Waals surface area contributed by atoms with Gasteiger partial charge in [0, 0.05) is 25.7 Å². The SMILES string of the molecule is Cc1c(Cl)ncnc1N(C)CCN(C)C. The predicted octanol–water partition coefficient (Wildman–Crippen LogP) is 1.44. The second-order valence-electron chi connectivity index (χ2n) is 3.84. The lowest BCUT2D eigenvalue weighted by Crippen LogP contribution is -2.29. The van der Waals surface area contributed by atoms with E-state index in [1.165, 1.54) is 6.33 Å². The van der Waals surface area contributed by atoms with Crippen molar-refractivity contribution in [2.45, 2.75) is 6.92 Å². The molecule has 0 spiro atoms. The number of hydrogen-bond acceptors (Lipinski definition) is 4. The molecule has 0 saturated heterocycles. The molecule has 0 unspecified atom stereocenters. The van der Waals surface area contributed by atoms with Crippen molar-refractivity contribution >= 4 is 17.4 Å². The smallest absolute Gasteiger partial charge is 0.137 e. The van der Waals surface area contributed by atoms with Gasteiger partial charge < -0.3 is 9.80 Å². The summed E-state index contributed by atoms with van der Waals surface area (Å²) in [5.74, 6) is 0.900. The molecule has 0 saturated carbocycles. The summed E-state index contributed by atoms with van der Waals surface area (Å²) in [5, 5.41) is 0.525. The van der Waals surface area contributed by atoms with Crippen LogP contribution in [0.4, 0.5) is 5.82 Å². The Bertz CT molecular complexity index is 327. The van der Waals surface area contributed by atoms with Crippen LogP contribution in [-0.2, 0) is 0 Å². The Balaban J connectivity index is 2.73. The second-order valence-corrected chi connectivity index (χ2v) is 4.20. The topological polar surface area (TPSA) is 32.3 Å². The van der Waals surface area contributed by atoms with Gasteiger partial charge in [-0.15, -0.1) is 0 Å². The van der Waals surface area contributed by atoms with Crippen LogP contribution in [0.1, 0.15) is 5.56 Å². The van der Waals surface area contributed by atoms with Gasteiger partial charge in [-0.25, -0.2) is 9.97 Å². The first-order valence-corrected chi connectivity index (χ1v) is 5.23. The van der Waals surface area contributed by atoms with E-state index >= 15 is 0 Å². The first kappa shape index (κ1) is 12.2. The van der Waals surface area contributed by atoms with Crippen molar-refractivity contribution < 1.29 is 0 Å². The van der Waals surface area contributed by atoms with E-state index in [2.05, 4.69) is 19.8 Å². The lowest BCUT2D eigenvalue weighted by molar-refractivity contribution is 0.416. The summed E-state index contributed by atoms with van der Waals surface area (Å²) in [5.41, 5.74) is 0.931. The number of likely N-dealkylation sites (N-methyl/N-ethyl adjacent to an activating group) is 2. The Morgan fingerprint density at radius 3 is 2.47 bits per heavy atom.